The molecular formula is C19H18N2O4S. The van der Waals surface area contributed by atoms with Crippen molar-refractivity contribution in [1.82, 2.24) is 9.97 Å². The van der Waals surface area contributed by atoms with Crippen LogP contribution in [0.4, 0.5) is 0 Å². The second-order valence-electron chi connectivity index (χ2n) is 5.62. The Labute approximate surface area is 154 Å². The summed E-state index contributed by atoms with van der Waals surface area (Å²) in [5.41, 5.74) is 2.22. The summed E-state index contributed by atoms with van der Waals surface area (Å²) in [4.78, 5) is 33.6. The van der Waals surface area contributed by atoms with E-state index in [0.717, 1.165) is 21.5 Å². The van der Waals surface area contributed by atoms with Gasteiger partial charge in [-0.3, -0.25) is 0 Å². The Morgan fingerprint density at radius 1 is 1.12 bits per heavy atom. The molecule has 7 heteroatoms. The van der Waals surface area contributed by atoms with Crippen LogP contribution in [0.1, 0.15) is 43.2 Å². The molecule has 0 aliphatic heterocycles. The number of carbonyl (C=O) groups excluding carboxylic acids is 2. The Hall–Kier alpha value is -2.80. The van der Waals surface area contributed by atoms with Crippen molar-refractivity contribution in [1.29, 1.82) is 0 Å². The molecule has 0 N–H and O–H groups in total. The summed E-state index contributed by atoms with van der Waals surface area (Å²) in [6.07, 6.45) is 1.48. The predicted molar refractivity (Wildman–Crippen MR) is 98.4 cm³/mol. The second-order valence-corrected chi connectivity index (χ2v) is 6.85. The van der Waals surface area contributed by atoms with Gasteiger partial charge < -0.3 is 9.47 Å². The second kappa shape index (κ2) is 7.61. The smallest absolute Gasteiger partial charge is 0.350 e. The van der Waals surface area contributed by atoms with E-state index in [-0.39, 0.29) is 13.2 Å². The first-order valence-electron chi connectivity index (χ1n) is 8.16. The minimum absolute atomic E-state index is 0.115. The molecule has 0 saturated carbocycles. The average molecular weight is 370 g/mol. The van der Waals surface area contributed by atoms with E-state index in [1.807, 2.05) is 38.1 Å². The number of nitrogens with zero attached hydrogens (tertiary/aromatic N) is 2. The van der Waals surface area contributed by atoms with Gasteiger partial charge in [-0.15, -0.1) is 11.3 Å². The zero-order valence-electron chi connectivity index (χ0n) is 14.7. The van der Waals surface area contributed by atoms with Crippen LogP contribution < -0.4 is 0 Å². The van der Waals surface area contributed by atoms with Crippen LogP contribution in [-0.4, -0.2) is 28.5 Å². The lowest BCUT2D eigenvalue weighted by molar-refractivity contribution is 0.0448. The Morgan fingerprint density at radius 3 is 2.58 bits per heavy atom. The number of rotatable bonds is 5. The minimum Gasteiger partial charge on any atom is -0.462 e. The van der Waals surface area contributed by atoms with Gasteiger partial charge in [-0.25, -0.2) is 19.6 Å². The molecule has 3 aromatic rings. The van der Waals surface area contributed by atoms with Gasteiger partial charge in [0, 0.05) is 5.39 Å². The highest BCUT2D eigenvalue weighted by atomic mass is 32.1. The van der Waals surface area contributed by atoms with Crippen molar-refractivity contribution >= 4 is 34.2 Å². The van der Waals surface area contributed by atoms with Crippen molar-refractivity contribution in [3.63, 3.8) is 0 Å². The molecule has 134 valence electrons. The molecule has 0 radical (unpaired) electrons. The van der Waals surface area contributed by atoms with Crippen LogP contribution in [0.5, 0.6) is 0 Å². The number of aryl methyl sites for hydroxylation is 2. The third-order valence-corrected chi connectivity index (χ3v) is 4.76. The highest BCUT2D eigenvalue weighted by Gasteiger charge is 2.21. The number of fused-ring (bicyclic) bond motifs is 1. The quantitative estimate of drug-likeness (QED) is 0.635. The molecule has 0 unspecified atom stereocenters. The summed E-state index contributed by atoms with van der Waals surface area (Å²) in [5, 5.41) is 1.65. The summed E-state index contributed by atoms with van der Waals surface area (Å²) in [7, 11) is 0. The van der Waals surface area contributed by atoms with Crippen LogP contribution in [0.2, 0.25) is 0 Å². The van der Waals surface area contributed by atoms with Gasteiger partial charge in [-0.05, 0) is 32.4 Å². The van der Waals surface area contributed by atoms with Crippen LogP contribution >= 0.6 is 11.3 Å². The lowest BCUT2D eigenvalue weighted by Crippen LogP contribution is -2.14. The standard InChI is InChI=1S/C19H18N2O4S/c1-4-24-19(23)17-11(2)13-7-5-6-8-14(13)21-15(17)10-25-18(22)16-9-20-12(3)26-16/h5-9H,4,10H2,1-3H3. The lowest BCUT2D eigenvalue weighted by atomic mass is 10.0. The molecule has 0 fully saturated rings. The number of carbonyl (C=O) groups is 2. The number of esters is 2. The maximum absolute atomic E-state index is 12.4. The first-order valence-corrected chi connectivity index (χ1v) is 8.97. The summed E-state index contributed by atoms with van der Waals surface area (Å²) < 4.78 is 10.5. The van der Waals surface area contributed by atoms with Gasteiger partial charge in [0.2, 0.25) is 0 Å². The maximum atomic E-state index is 12.4. The van der Waals surface area contributed by atoms with Gasteiger partial charge in [0.25, 0.3) is 0 Å². The van der Waals surface area contributed by atoms with Crippen LogP contribution in [0.15, 0.2) is 30.5 Å². The topological polar surface area (TPSA) is 78.4 Å². The van der Waals surface area contributed by atoms with Gasteiger partial charge in [0.1, 0.15) is 11.5 Å². The van der Waals surface area contributed by atoms with Crippen molar-refractivity contribution < 1.29 is 19.1 Å². The summed E-state index contributed by atoms with van der Waals surface area (Å²) in [6, 6.07) is 7.51. The van der Waals surface area contributed by atoms with Crippen LogP contribution in [0.3, 0.4) is 0 Å². The Balaban J connectivity index is 1.96. The fourth-order valence-electron chi connectivity index (χ4n) is 2.68. The number of thiazole rings is 1. The molecule has 0 atom stereocenters. The van der Waals surface area contributed by atoms with E-state index in [9.17, 15) is 9.59 Å². The van der Waals surface area contributed by atoms with E-state index < -0.39 is 11.9 Å². The molecular weight excluding hydrogens is 352 g/mol. The van der Waals surface area contributed by atoms with E-state index in [4.69, 9.17) is 9.47 Å². The Morgan fingerprint density at radius 2 is 1.88 bits per heavy atom. The normalized spacial score (nSPS) is 10.7. The van der Waals surface area contributed by atoms with Crippen molar-refractivity contribution in [3.05, 3.63) is 57.2 Å². The van der Waals surface area contributed by atoms with E-state index in [1.54, 1.807) is 6.92 Å². The van der Waals surface area contributed by atoms with Gasteiger partial charge in [-0.1, -0.05) is 18.2 Å². The maximum Gasteiger partial charge on any atom is 0.350 e. The fraction of sp³-hybridized carbons (Fsp3) is 0.263. The summed E-state index contributed by atoms with van der Waals surface area (Å²) in [5.74, 6) is -0.957. The van der Waals surface area contributed by atoms with Crippen LogP contribution in [0, 0.1) is 13.8 Å². The summed E-state index contributed by atoms with van der Waals surface area (Å²) in [6.45, 7) is 5.54. The molecule has 6 nitrogen and oxygen atoms in total. The molecule has 2 aromatic heterocycles. The van der Waals surface area contributed by atoms with Crippen LogP contribution in [-0.2, 0) is 16.1 Å². The molecule has 0 bridgehead atoms. The summed E-state index contributed by atoms with van der Waals surface area (Å²) >= 11 is 1.26. The fourth-order valence-corrected chi connectivity index (χ4v) is 3.35. The van der Waals surface area contributed by atoms with Crippen molar-refractivity contribution in [2.45, 2.75) is 27.4 Å². The SMILES string of the molecule is CCOC(=O)c1c(COC(=O)c2cnc(C)s2)nc2ccccc2c1C. The monoisotopic (exact) mass is 370 g/mol. The van der Waals surface area contributed by atoms with Crippen molar-refractivity contribution in [2.75, 3.05) is 6.61 Å². The Bertz CT molecular complexity index is 981. The van der Waals surface area contributed by atoms with Crippen molar-refractivity contribution in [2.24, 2.45) is 0 Å². The first-order chi connectivity index (χ1) is 12.5. The largest absolute Gasteiger partial charge is 0.462 e. The number of para-hydroxylation sites is 1. The van der Waals surface area contributed by atoms with Crippen molar-refractivity contribution in [3.8, 4) is 0 Å². The molecule has 0 aliphatic carbocycles. The molecule has 1 aromatic carbocycles. The molecule has 26 heavy (non-hydrogen) atoms. The van der Waals surface area contributed by atoms with Gasteiger partial charge in [0.15, 0.2) is 0 Å². The highest BCUT2D eigenvalue weighted by molar-refractivity contribution is 7.13. The van der Waals surface area contributed by atoms with Crippen LogP contribution in [0.25, 0.3) is 10.9 Å². The molecule has 2 heterocycles. The predicted octanol–water partition coefficient (Wildman–Crippen LogP) is 3.84. The average Bonchev–Trinajstić information content (AvgIpc) is 3.06. The third-order valence-electron chi connectivity index (χ3n) is 3.87. The van der Waals surface area contributed by atoms with Gasteiger partial charge >= 0.3 is 11.9 Å². The molecule has 3 rings (SSSR count). The number of aromatic nitrogens is 2. The minimum atomic E-state index is -0.488. The highest BCUT2D eigenvalue weighted by Crippen LogP contribution is 2.25. The molecule has 0 amide bonds. The lowest BCUT2D eigenvalue weighted by Gasteiger charge is -2.14. The van der Waals surface area contributed by atoms with E-state index >= 15 is 0 Å². The van der Waals surface area contributed by atoms with E-state index in [1.165, 1.54) is 17.5 Å². The molecule has 0 aliphatic rings. The van der Waals surface area contributed by atoms with Gasteiger partial charge in [-0.2, -0.15) is 0 Å². The zero-order chi connectivity index (χ0) is 18.7. The van der Waals surface area contributed by atoms with E-state index in [0.29, 0.717) is 16.1 Å². The molecule has 0 spiro atoms. The van der Waals surface area contributed by atoms with Gasteiger partial charge in [0.05, 0.1) is 34.6 Å². The third kappa shape index (κ3) is 3.57. The molecule has 0 saturated heterocycles. The number of benzene rings is 1. The Kier molecular flexibility index (Phi) is 5.27. The number of pyridine rings is 1. The van der Waals surface area contributed by atoms with E-state index in [2.05, 4.69) is 9.97 Å². The number of hydrogen-bond donors (Lipinski definition) is 0. The zero-order valence-corrected chi connectivity index (χ0v) is 15.6. The number of ether oxygens (including phenoxy) is 2. The number of hydrogen-bond acceptors (Lipinski definition) is 7. The first kappa shape index (κ1) is 18.0.